The van der Waals surface area contributed by atoms with Crippen molar-refractivity contribution in [1.82, 2.24) is 4.57 Å². The van der Waals surface area contributed by atoms with Crippen LogP contribution in [0.25, 0.3) is 21.8 Å². The van der Waals surface area contributed by atoms with Crippen molar-refractivity contribution in [3.8, 4) is 5.75 Å². The first-order valence-electron chi connectivity index (χ1n) is 6.86. The minimum Gasteiger partial charge on any atom is -0.497 e. The second-order valence-corrected chi connectivity index (χ2v) is 5.40. The van der Waals surface area contributed by atoms with Gasteiger partial charge in [-0.2, -0.15) is 0 Å². The van der Waals surface area contributed by atoms with Gasteiger partial charge in [-0.3, -0.25) is 0 Å². The molecule has 96 valence electrons. The predicted octanol–water partition coefficient (Wildman–Crippen LogP) is 3.83. The van der Waals surface area contributed by atoms with E-state index < -0.39 is 0 Å². The molecule has 0 saturated carbocycles. The van der Waals surface area contributed by atoms with Crippen LogP contribution in [-0.4, -0.2) is 11.7 Å². The molecule has 0 N–H and O–H groups in total. The van der Waals surface area contributed by atoms with Crippen molar-refractivity contribution >= 4 is 21.8 Å². The van der Waals surface area contributed by atoms with Crippen LogP contribution in [0.2, 0.25) is 0 Å². The molecule has 0 saturated heterocycles. The zero-order valence-corrected chi connectivity index (χ0v) is 11.4. The Hall–Kier alpha value is -1.96. The van der Waals surface area contributed by atoms with Gasteiger partial charge in [0.15, 0.2) is 0 Å². The van der Waals surface area contributed by atoms with Gasteiger partial charge in [0.1, 0.15) is 5.75 Å². The Bertz CT molecular complexity index is 798. The zero-order chi connectivity index (χ0) is 13.0. The molecule has 2 aromatic carbocycles. The molecule has 2 nitrogen and oxygen atoms in total. The molecule has 19 heavy (non-hydrogen) atoms. The lowest BCUT2D eigenvalue weighted by Crippen LogP contribution is -1.92. The van der Waals surface area contributed by atoms with E-state index in [2.05, 4.69) is 35.9 Å². The van der Waals surface area contributed by atoms with E-state index in [4.69, 9.17) is 4.74 Å². The quantitative estimate of drug-likeness (QED) is 0.641. The average molecular weight is 251 g/mol. The first-order chi connectivity index (χ1) is 9.29. The van der Waals surface area contributed by atoms with E-state index in [1.165, 1.54) is 46.6 Å². The first-order valence-corrected chi connectivity index (χ1v) is 6.86. The number of fused-ring (bicyclic) bond motifs is 5. The number of aromatic nitrogens is 1. The highest BCUT2D eigenvalue weighted by Gasteiger charge is 2.18. The van der Waals surface area contributed by atoms with E-state index in [-0.39, 0.29) is 0 Å². The standard InChI is InChI=1S/C17H17NO/c1-18-16-9-7-12(19-2)10-15(16)14-8-6-11-4-3-5-13(11)17(14)18/h6-10H,3-5H2,1-2H3. The van der Waals surface area contributed by atoms with E-state index >= 15 is 0 Å². The predicted molar refractivity (Wildman–Crippen MR) is 79.0 cm³/mol. The van der Waals surface area contributed by atoms with Crippen molar-refractivity contribution in [2.45, 2.75) is 19.3 Å². The van der Waals surface area contributed by atoms with Gasteiger partial charge < -0.3 is 9.30 Å². The molecule has 2 heteroatoms. The Morgan fingerprint density at radius 3 is 2.79 bits per heavy atom. The van der Waals surface area contributed by atoms with Crippen molar-refractivity contribution in [2.24, 2.45) is 7.05 Å². The summed E-state index contributed by atoms with van der Waals surface area (Å²) in [5.74, 6) is 0.931. The summed E-state index contributed by atoms with van der Waals surface area (Å²) < 4.78 is 7.71. The molecular formula is C17H17NO. The molecule has 0 radical (unpaired) electrons. The Morgan fingerprint density at radius 1 is 1.05 bits per heavy atom. The molecule has 3 aromatic rings. The topological polar surface area (TPSA) is 14.2 Å². The summed E-state index contributed by atoms with van der Waals surface area (Å²) in [6, 6.07) is 10.9. The van der Waals surface area contributed by atoms with E-state index in [0.717, 1.165) is 5.75 Å². The molecule has 0 amide bonds. The maximum absolute atomic E-state index is 5.36. The molecule has 0 fully saturated rings. The average Bonchev–Trinajstić information content (AvgIpc) is 3.02. The van der Waals surface area contributed by atoms with Crippen molar-refractivity contribution in [1.29, 1.82) is 0 Å². The highest BCUT2D eigenvalue weighted by atomic mass is 16.5. The number of nitrogens with zero attached hydrogens (tertiary/aromatic N) is 1. The molecule has 0 unspecified atom stereocenters. The summed E-state index contributed by atoms with van der Waals surface area (Å²) in [6.45, 7) is 0. The van der Waals surface area contributed by atoms with Crippen molar-refractivity contribution in [3.63, 3.8) is 0 Å². The van der Waals surface area contributed by atoms with E-state index in [1.54, 1.807) is 12.7 Å². The molecule has 1 aliphatic rings. The smallest absolute Gasteiger partial charge is 0.119 e. The van der Waals surface area contributed by atoms with Crippen molar-refractivity contribution < 1.29 is 4.74 Å². The molecule has 0 aliphatic heterocycles. The normalized spacial score (nSPS) is 14.2. The van der Waals surface area contributed by atoms with Crippen LogP contribution in [0.3, 0.4) is 0 Å². The number of hydrogen-bond donors (Lipinski definition) is 0. The van der Waals surface area contributed by atoms with Gasteiger partial charge in [0.05, 0.1) is 12.6 Å². The van der Waals surface area contributed by atoms with Crippen LogP contribution in [-0.2, 0) is 19.9 Å². The van der Waals surface area contributed by atoms with E-state index in [9.17, 15) is 0 Å². The van der Waals surface area contributed by atoms with Crippen molar-refractivity contribution in [3.05, 3.63) is 41.5 Å². The minimum absolute atomic E-state index is 0.931. The Balaban J connectivity index is 2.19. The second kappa shape index (κ2) is 3.77. The summed E-state index contributed by atoms with van der Waals surface area (Å²) in [7, 11) is 3.90. The summed E-state index contributed by atoms with van der Waals surface area (Å²) in [6.07, 6.45) is 3.74. The molecule has 0 spiro atoms. The third-order valence-electron chi connectivity index (χ3n) is 4.44. The van der Waals surface area contributed by atoms with Crippen LogP contribution in [0.5, 0.6) is 5.75 Å². The number of rotatable bonds is 1. The zero-order valence-electron chi connectivity index (χ0n) is 11.4. The summed E-state index contributed by atoms with van der Waals surface area (Å²) in [5.41, 5.74) is 5.79. The van der Waals surface area contributed by atoms with E-state index in [1.807, 2.05) is 6.07 Å². The molecular weight excluding hydrogens is 234 g/mol. The lowest BCUT2D eigenvalue weighted by molar-refractivity contribution is 0.415. The first kappa shape index (κ1) is 10.9. The number of benzene rings is 2. The monoisotopic (exact) mass is 251 g/mol. The number of aryl methyl sites for hydroxylation is 3. The maximum Gasteiger partial charge on any atom is 0.119 e. The summed E-state index contributed by atoms with van der Waals surface area (Å²) >= 11 is 0. The second-order valence-electron chi connectivity index (χ2n) is 5.40. The number of methoxy groups -OCH3 is 1. The number of ether oxygens (including phenoxy) is 1. The maximum atomic E-state index is 5.36. The Morgan fingerprint density at radius 2 is 1.95 bits per heavy atom. The van der Waals surface area contributed by atoms with Gasteiger partial charge in [0.2, 0.25) is 0 Å². The van der Waals surface area contributed by atoms with Crippen LogP contribution >= 0.6 is 0 Å². The largest absolute Gasteiger partial charge is 0.497 e. The summed E-state index contributed by atoms with van der Waals surface area (Å²) in [4.78, 5) is 0. The van der Waals surface area contributed by atoms with E-state index in [0.29, 0.717) is 0 Å². The fourth-order valence-electron chi connectivity index (χ4n) is 3.52. The number of hydrogen-bond acceptors (Lipinski definition) is 1. The third kappa shape index (κ3) is 1.37. The molecule has 0 bridgehead atoms. The Labute approximate surface area is 112 Å². The van der Waals surface area contributed by atoms with Gasteiger partial charge >= 0.3 is 0 Å². The van der Waals surface area contributed by atoms with Gasteiger partial charge in [-0.25, -0.2) is 0 Å². The molecule has 0 atom stereocenters. The minimum atomic E-state index is 0.931. The van der Waals surface area contributed by atoms with Gasteiger partial charge in [-0.05, 0) is 48.6 Å². The lowest BCUT2D eigenvalue weighted by Gasteiger charge is -2.04. The van der Waals surface area contributed by atoms with Gasteiger partial charge in [-0.15, -0.1) is 0 Å². The van der Waals surface area contributed by atoms with Crippen LogP contribution in [0.4, 0.5) is 0 Å². The lowest BCUT2D eigenvalue weighted by atomic mass is 10.1. The third-order valence-corrected chi connectivity index (χ3v) is 4.44. The SMILES string of the molecule is COc1ccc2c(c1)c1ccc3c(c1n2C)CCC3. The van der Waals surface area contributed by atoms with Crippen LogP contribution in [0.15, 0.2) is 30.3 Å². The van der Waals surface area contributed by atoms with Gasteiger partial charge in [0, 0.05) is 23.3 Å². The highest BCUT2D eigenvalue weighted by molar-refractivity contribution is 6.09. The molecule has 1 aliphatic carbocycles. The molecule has 1 heterocycles. The fourth-order valence-corrected chi connectivity index (χ4v) is 3.52. The van der Waals surface area contributed by atoms with Crippen molar-refractivity contribution in [2.75, 3.05) is 7.11 Å². The fraction of sp³-hybridized carbons (Fsp3) is 0.294. The van der Waals surface area contributed by atoms with Crippen LogP contribution in [0, 0.1) is 0 Å². The van der Waals surface area contributed by atoms with Crippen LogP contribution in [0.1, 0.15) is 17.5 Å². The highest BCUT2D eigenvalue weighted by Crippen LogP contribution is 2.36. The van der Waals surface area contributed by atoms with Crippen LogP contribution < -0.4 is 4.74 Å². The van der Waals surface area contributed by atoms with Gasteiger partial charge in [-0.1, -0.05) is 12.1 Å². The molecule has 1 aromatic heterocycles. The molecule has 4 rings (SSSR count). The Kier molecular flexibility index (Phi) is 2.16. The van der Waals surface area contributed by atoms with Gasteiger partial charge in [0.25, 0.3) is 0 Å². The summed E-state index contributed by atoms with van der Waals surface area (Å²) in [5, 5.41) is 2.66.